The van der Waals surface area contributed by atoms with Gasteiger partial charge in [-0.25, -0.2) is 0 Å². The number of carbonyl (C=O) groups excluding carboxylic acids is 1. The third-order valence-electron chi connectivity index (χ3n) is 4.73. The van der Waals surface area contributed by atoms with Crippen LogP contribution < -0.4 is 4.74 Å². The van der Waals surface area contributed by atoms with Crippen molar-refractivity contribution in [1.29, 1.82) is 0 Å². The summed E-state index contributed by atoms with van der Waals surface area (Å²) in [4.78, 5) is 12.3. The van der Waals surface area contributed by atoms with Crippen LogP contribution in [-0.4, -0.2) is 12.9 Å². The Balaban J connectivity index is 2.06. The highest BCUT2D eigenvalue weighted by Gasteiger charge is 2.30. The molecule has 1 aromatic heterocycles. The van der Waals surface area contributed by atoms with Crippen molar-refractivity contribution in [1.82, 2.24) is 0 Å². The summed E-state index contributed by atoms with van der Waals surface area (Å²) in [6.45, 7) is 4.17. The summed E-state index contributed by atoms with van der Waals surface area (Å²) in [5, 5.41) is 1.03. The average molecular weight is 294 g/mol. The second-order valence-electron chi connectivity index (χ2n) is 6.01. The third kappa shape index (κ3) is 1.85. The Bertz CT molecular complexity index is 836. The number of hydrogen-bond acceptors (Lipinski definition) is 3. The Hall–Kier alpha value is -2.29. The molecule has 0 spiro atoms. The van der Waals surface area contributed by atoms with E-state index in [0.717, 1.165) is 70.4 Å². The normalized spacial score (nSPS) is 18.2. The lowest BCUT2D eigenvalue weighted by Crippen LogP contribution is -2.10. The van der Waals surface area contributed by atoms with Crippen molar-refractivity contribution in [3.63, 3.8) is 0 Å². The largest absolute Gasteiger partial charge is 0.497 e. The van der Waals surface area contributed by atoms with Crippen LogP contribution in [0.25, 0.3) is 22.1 Å². The third-order valence-corrected chi connectivity index (χ3v) is 4.73. The number of ether oxygens (including phenoxy) is 1. The molecule has 0 unspecified atom stereocenters. The molecular formula is C19H18O3. The zero-order chi connectivity index (χ0) is 15.3. The van der Waals surface area contributed by atoms with Gasteiger partial charge >= 0.3 is 0 Å². The van der Waals surface area contributed by atoms with Gasteiger partial charge in [-0.2, -0.15) is 0 Å². The van der Waals surface area contributed by atoms with Gasteiger partial charge in [-0.3, -0.25) is 4.79 Å². The first kappa shape index (κ1) is 13.4. The van der Waals surface area contributed by atoms with E-state index in [0.29, 0.717) is 12.2 Å². The van der Waals surface area contributed by atoms with Crippen LogP contribution >= 0.6 is 0 Å². The molecule has 0 amide bonds. The maximum atomic E-state index is 12.3. The predicted molar refractivity (Wildman–Crippen MR) is 86.8 cm³/mol. The first-order chi connectivity index (χ1) is 10.7. The number of methoxy groups -OCH3 is 1. The van der Waals surface area contributed by atoms with Crippen LogP contribution in [0.4, 0.5) is 0 Å². The molecule has 0 bridgehead atoms. The molecule has 2 aromatic rings. The van der Waals surface area contributed by atoms with E-state index in [9.17, 15) is 4.79 Å². The number of benzene rings is 1. The van der Waals surface area contributed by atoms with Gasteiger partial charge in [0.15, 0.2) is 5.78 Å². The number of ketones is 1. The van der Waals surface area contributed by atoms with E-state index in [1.165, 1.54) is 0 Å². The van der Waals surface area contributed by atoms with E-state index in [4.69, 9.17) is 9.15 Å². The smallest absolute Gasteiger partial charge is 0.159 e. The lowest BCUT2D eigenvalue weighted by Gasteiger charge is -2.17. The van der Waals surface area contributed by atoms with Gasteiger partial charge in [-0.15, -0.1) is 0 Å². The molecule has 22 heavy (non-hydrogen) atoms. The summed E-state index contributed by atoms with van der Waals surface area (Å²) < 4.78 is 11.4. The van der Waals surface area contributed by atoms with E-state index in [1.54, 1.807) is 7.11 Å². The zero-order valence-corrected chi connectivity index (χ0v) is 12.7. The van der Waals surface area contributed by atoms with Crippen LogP contribution in [-0.2, 0) is 4.79 Å². The van der Waals surface area contributed by atoms with Crippen LogP contribution in [0.15, 0.2) is 34.8 Å². The molecule has 0 atom stereocenters. The fourth-order valence-electron chi connectivity index (χ4n) is 3.60. The van der Waals surface area contributed by atoms with Crippen molar-refractivity contribution >= 4 is 27.9 Å². The number of Topliss-reactive ketones (excluding diaryl/α,β-unsaturated/α-hetero) is 1. The maximum Gasteiger partial charge on any atom is 0.159 e. The number of furan rings is 1. The minimum absolute atomic E-state index is 0.291. The van der Waals surface area contributed by atoms with E-state index >= 15 is 0 Å². The zero-order valence-electron chi connectivity index (χ0n) is 12.7. The summed E-state index contributed by atoms with van der Waals surface area (Å²) in [5.74, 6) is 1.94. The Kier molecular flexibility index (Phi) is 2.96. The lowest BCUT2D eigenvalue weighted by atomic mass is 9.85. The van der Waals surface area contributed by atoms with Gasteiger partial charge in [0.25, 0.3) is 0 Å². The van der Waals surface area contributed by atoms with Crippen LogP contribution in [0.5, 0.6) is 5.75 Å². The Morgan fingerprint density at radius 3 is 2.82 bits per heavy atom. The summed E-state index contributed by atoms with van der Waals surface area (Å²) in [5.41, 5.74) is 5.03. The first-order valence-corrected chi connectivity index (χ1v) is 7.73. The number of hydrogen-bond donors (Lipinski definition) is 0. The van der Waals surface area contributed by atoms with Crippen molar-refractivity contribution in [2.24, 2.45) is 0 Å². The van der Waals surface area contributed by atoms with Crippen molar-refractivity contribution in [3.8, 4) is 5.75 Å². The molecule has 0 N–H and O–H groups in total. The SMILES string of the molecule is C=C1CCC2=C(CCCC2=O)c2c1oc1ccc(OC)cc21. The highest BCUT2D eigenvalue weighted by molar-refractivity contribution is 6.09. The van der Waals surface area contributed by atoms with Crippen molar-refractivity contribution in [2.45, 2.75) is 32.1 Å². The molecular weight excluding hydrogens is 276 g/mol. The van der Waals surface area contributed by atoms with Gasteiger partial charge < -0.3 is 9.15 Å². The van der Waals surface area contributed by atoms with Crippen LogP contribution in [0.1, 0.15) is 43.4 Å². The number of rotatable bonds is 1. The van der Waals surface area contributed by atoms with Crippen LogP contribution in [0.2, 0.25) is 0 Å². The van der Waals surface area contributed by atoms with E-state index in [-0.39, 0.29) is 0 Å². The van der Waals surface area contributed by atoms with Crippen LogP contribution in [0.3, 0.4) is 0 Å². The minimum Gasteiger partial charge on any atom is -0.497 e. The molecule has 112 valence electrons. The fraction of sp³-hybridized carbons (Fsp3) is 0.316. The van der Waals surface area contributed by atoms with Crippen molar-refractivity contribution in [2.75, 3.05) is 7.11 Å². The molecule has 0 fully saturated rings. The lowest BCUT2D eigenvalue weighted by molar-refractivity contribution is -0.116. The number of carbonyl (C=O) groups is 1. The average Bonchev–Trinajstić information content (AvgIpc) is 2.84. The summed E-state index contributed by atoms with van der Waals surface area (Å²) >= 11 is 0. The second-order valence-corrected chi connectivity index (χ2v) is 6.01. The molecule has 4 rings (SSSR count). The molecule has 2 aliphatic rings. The summed E-state index contributed by atoms with van der Waals surface area (Å²) in [7, 11) is 1.66. The van der Waals surface area contributed by atoms with E-state index < -0.39 is 0 Å². The molecule has 0 saturated carbocycles. The molecule has 3 heteroatoms. The quantitative estimate of drug-likeness (QED) is 0.761. The Labute approximate surface area is 129 Å². The van der Waals surface area contributed by atoms with Gasteiger partial charge in [0.2, 0.25) is 0 Å². The van der Waals surface area contributed by atoms with Gasteiger partial charge in [0, 0.05) is 17.4 Å². The molecule has 0 radical (unpaired) electrons. The number of fused-ring (bicyclic) bond motifs is 4. The van der Waals surface area contributed by atoms with E-state index in [1.807, 2.05) is 18.2 Å². The summed E-state index contributed by atoms with van der Waals surface area (Å²) in [6.07, 6.45) is 4.09. The highest BCUT2D eigenvalue weighted by Crippen LogP contribution is 2.45. The standard InChI is InChI=1S/C19H18O3/c1-11-6-8-13-14(4-3-5-16(13)20)18-15-10-12(21-2)7-9-17(15)22-19(11)18/h7,9-10H,1,3-6,8H2,2H3. The molecule has 1 heterocycles. The summed E-state index contributed by atoms with van der Waals surface area (Å²) in [6, 6.07) is 5.83. The minimum atomic E-state index is 0.291. The molecule has 1 aromatic carbocycles. The van der Waals surface area contributed by atoms with Gasteiger partial charge in [0.05, 0.1) is 7.11 Å². The van der Waals surface area contributed by atoms with Crippen molar-refractivity contribution < 1.29 is 13.9 Å². The molecule has 0 aliphatic heterocycles. The topological polar surface area (TPSA) is 39.4 Å². The van der Waals surface area contributed by atoms with E-state index in [2.05, 4.69) is 6.58 Å². The Morgan fingerprint density at radius 2 is 2.00 bits per heavy atom. The second kappa shape index (κ2) is 4.87. The van der Waals surface area contributed by atoms with Gasteiger partial charge in [-0.1, -0.05) is 6.58 Å². The maximum absolute atomic E-state index is 12.3. The first-order valence-electron chi connectivity index (χ1n) is 7.73. The predicted octanol–water partition coefficient (Wildman–Crippen LogP) is 4.76. The molecule has 3 nitrogen and oxygen atoms in total. The monoisotopic (exact) mass is 294 g/mol. The number of allylic oxidation sites excluding steroid dienone is 3. The van der Waals surface area contributed by atoms with Crippen molar-refractivity contribution in [3.05, 3.63) is 41.7 Å². The molecule has 2 aliphatic carbocycles. The van der Waals surface area contributed by atoms with Gasteiger partial charge in [0.1, 0.15) is 17.1 Å². The van der Waals surface area contributed by atoms with Crippen LogP contribution in [0, 0.1) is 0 Å². The Morgan fingerprint density at radius 1 is 1.14 bits per heavy atom. The van der Waals surface area contributed by atoms with Gasteiger partial charge in [-0.05, 0) is 60.6 Å². The molecule has 0 saturated heterocycles. The fourth-order valence-corrected chi connectivity index (χ4v) is 3.60. The highest BCUT2D eigenvalue weighted by atomic mass is 16.5.